The van der Waals surface area contributed by atoms with Crippen LogP contribution in [0.3, 0.4) is 0 Å². The lowest BCUT2D eigenvalue weighted by molar-refractivity contribution is -0.137. The molecule has 0 saturated heterocycles. The molecular weight excluding hydrogens is 534 g/mol. The van der Waals surface area contributed by atoms with Crippen molar-refractivity contribution in [2.24, 2.45) is 0 Å². The zero-order chi connectivity index (χ0) is 28.8. The number of ether oxygens (including phenoxy) is 1. The maximum atomic E-state index is 14.4. The summed E-state index contributed by atoms with van der Waals surface area (Å²) in [4.78, 5) is 1.71. The summed E-state index contributed by atoms with van der Waals surface area (Å²) in [6, 6.07) is 17.3. The molecule has 3 rings (SSSR count). The maximum Gasteiger partial charge on any atom is 0.416 e. The Hall–Kier alpha value is -2.95. The number of hydrogen-bond acceptors (Lipinski definition) is 5. The van der Waals surface area contributed by atoms with E-state index in [1.54, 1.807) is 6.07 Å². The summed E-state index contributed by atoms with van der Waals surface area (Å²) >= 11 is 0. The Labute approximate surface area is 227 Å². The summed E-state index contributed by atoms with van der Waals surface area (Å²) in [5, 5.41) is 9.37. The second kappa shape index (κ2) is 12.5. The molecule has 0 amide bonds. The van der Waals surface area contributed by atoms with Crippen LogP contribution in [-0.2, 0) is 34.6 Å². The van der Waals surface area contributed by atoms with Crippen molar-refractivity contribution in [2.75, 3.05) is 26.0 Å². The highest BCUT2D eigenvalue weighted by Gasteiger charge is 2.31. The highest BCUT2D eigenvalue weighted by molar-refractivity contribution is 7.90. The molecule has 0 bridgehead atoms. The van der Waals surface area contributed by atoms with Gasteiger partial charge in [-0.3, -0.25) is 4.90 Å². The van der Waals surface area contributed by atoms with Crippen molar-refractivity contribution >= 4 is 9.84 Å². The molecule has 3 aromatic rings. The average molecular weight is 568 g/mol. The van der Waals surface area contributed by atoms with Crippen LogP contribution in [0.2, 0.25) is 0 Å². The number of aliphatic hydroxyl groups excluding tert-OH is 1. The molecule has 0 aromatic heterocycles. The standard InChI is InChI=1S/C29H33F4NO4S/c1-28(2,22-10-5-4-6-11-22)20-34(18-21-9-7-12-23(15-21)29(31,32)33)13-8-14-38-24-16-26(30)25(19-35)27(17-24)39(3,36)37/h4-7,9-12,15-17,35H,8,13-14,18-20H2,1-3H3. The van der Waals surface area contributed by atoms with Crippen LogP contribution in [0.15, 0.2) is 71.6 Å². The molecule has 1 N–H and O–H groups in total. The predicted molar refractivity (Wildman–Crippen MR) is 142 cm³/mol. The molecule has 5 nitrogen and oxygen atoms in total. The average Bonchev–Trinajstić information content (AvgIpc) is 2.85. The fourth-order valence-corrected chi connectivity index (χ4v) is 5.43. The zero-order valence-corrected chi connectivity index (χ0v) is 22.9. The zero-order valence-electron chi connectivity index (χ0n) is 22.1. The van der Waals surface area contributed by atoms with Crippen LogP contribution in [0.5, 0.6) is 5.75 Å². The number of aliphatic hydroxyl groups is 1. The van der Waals surface area contributed by atoms with Gasteiger partial charge in [-0.15, -0.1) is 0 Å². The second-order valence-electron chi connectivity index (χ2n) is 10.2. The van der Waals surface area contributed by atoms with E-state index in [0.29, 0.717) is 25.1 Å². The van der Waals surface area contributed by atoms with Crippen LogP contribution >= 0.6 is 0 Å². The molecule has 0 heterocycles. The summed E-state index contributed by atoms with van der Waals surface area (Å²) in [7, 11) is -3.80. The van der Waals surface area contributed by atoms with Gasteiger partial charge in [0, 0.05) is 42.9 Å². The first-order valence-electron chi connectivity index (χ1n) is 12.4. The molecule has 212 valence electrons. The topological polar surface area (TPSA) is 66.8 Å². The number of alkyl halides is 3. The van der Waals surface area contributed by atoms with E-state index in [1.165, 1.54) is 12.1 Å². The third-order valence-electron chi connectivity index (χ3n) is 6.41. The van der Waals surface area contributed by atoms with Gasteiger partial charge < -0.3 is 9.84 Å². The van der Waals surface area contributed by atoms with E-state index < -0.39 is 34.0 Å². The van der Waals surface area contributed by atoms with E-state index in [1.807, 2.05) is 35.2 Å². The molecular formula is C29H33F4NO4S. The minimum Gasteiger partial charge on any atom is -0.493 e. The summed E-state index contributed by atoms with van der Waals surface area (Å²) in [5.74, 6) is -0.870. The Bertz CT molecular complexity index is 1360. The Morgan fingerprint density at radius 3 is 2.23 bits per heavy atom. The first kappa shape index (κ1) is 30.6. The highest BCUT2D eigenvalue weighted by atomic mass is 32.2. The smallest absolute Gasteiger partial charge is 0.416 e. The fraction of sp³-hybridized carbons (Fsp3) is 0.379. The summed E-state index contributed by atoms with van der Waals surface area (Å²) in [6.07, 6.45) is -3.07. The molecule has 0 aliphatic rings. The van der Waals surface area contributed by atoms with Gasteiger partial charge >= 0.3 is 6.18 Å². The van der Waals surface area contributed by atoms with E-state index in [-0.39, 0.29) is 34.8 Å². The third kappa shape index (κ3) is 8.52. The van der Waals surface area contributed by atoms with Crippen molar-refractivity contribution in [2.45, 2.75) is 49.9 Å². The Morgan fingerprint density at radius 2 is 1.62 bits per heavy atom. The van der Waals surface area contributed by atoms with E-state index in [9.17, 15) is 31.1 Å². The molecule has 0 saturated carbocycles. The predicted octanol–water partition coefficient (Wildman–Crippen LogP) is 5.99. The van der Waals surface area contributed by atoms with Gasteiger partial charge in [0.15, 0.2) is 9.84 Å². The Kier molecular flexibility index (Phi) is 9.79. The molecule has 0 unspecified atom stereocenters. The van der Waals surface area contributed by atoms with E-state index in [0.717, 1.165) is 30.0 Å². The number of rotatable bonds is 12. The Balaban J connectivity index is 1.75. The van der Waals surface area contributed by atoms with Gasteiger partial charge in [-0.2, -0.15) is 13.2 Å². The van der Waals surface area contributed by atoms with Gasteiger partial charge in [0.1, 0.15) is 11.6 Å². The lowest BCUT2D eigenvalue weighted by Gasteiger charge is -2.33. The van der Waals surface area contributed by atoms with Gasteiger partial charge in [0.25, 0.3) is 0 Å². The van der Waals surface area contributed by atoms with Crippen molar-refractivity contribution in [3.05, 3.63) is 94.8 Å². The van der Waals surface area contributed by atoms with Crippen LogP contribution in [0, 0.1) is 5.82 Å². The van der Waals surface area contributed by atoms with Crippen LogP contribution < -0.4 is 4.74 Å². The van der Waals surface area contributed by atoms with Crippen LogP contribution in [0.1, 0.15) is 42.5 Å². The number of benzene rings is 3. The first-order chi connectivity index (χ1) is 18.2. The van der Waals surface area contributed by atoms with Crippen molar-refractivity contribution < 1.29 is 35.8 Å². The summed E-state index contributed by atoms with van der Waals surface area (Å²) < 4.78 is 83.9. The van der Waals surface area contributed by atoms with E-state index in [2.05, 4.69) is 13.8 Å². The summed E-state index contributed by atoms with van der Waals surface area (Å²) in [5.41, 5.74) is 0.273. The normalized spacial score (nSPS) is 12.6. The quantitative estimate of drug-likeness (QED) is 0.215. The van der Waals surface area contributed by atoms with Crippen molar-refractivity contribution in [1.29, 1.82) is 0 Å². The summed E-state index contributed by atoms with van der Waals surface area (Å²) in [6.45, 7) is 4.76. The first-order valence-corrected chi connectivity index (χ1v) is 14.3. The largest absolute Gasteiger partial charge is 0.493 e. The highest BCUT2D eigenvalue weighted by Crippen LogP contribution is 2.31. The monoisotopic (exact) mass is 567 g/mol. The van der Waals surface area contributed by atoms with Gasteiger partial charge in [-0.25, -0.2) is 12.8 Å². The van der Waals surface area contributed by atoms with Crippen LogP contribution in [-0.4, -0.2) is 44.4 Å². The lowest BCUT2D eigenvalue weighted by atomic mass is 9.84. The Morgan fingerprint density at radius 1 is 0.949 bits per heavy atom. The van der Waals surface area contributed by atoms with E-state index >= 15 is 0 Å². The van der Waals surface area contributed by atoms with E-state index in [4.69, 9.17) is 4.74 Å². The molecule has 3 aromatic carbocycles. The molecule has 0 aliphatic carbocycles. The molecule has 39 heavy (non-hydrogen) atoms. The third-order valence-corrected chi connectivity index (χ3v) is 7.57. The van der Waals surface area contributed by atoms with Crippen molar-refractivity contribution in [1.82, 2.24) is 4.90 Å². The minimum absolute atomic E-state index is 0.0131. The van der Waals surface area contributed by atoms with Crippen LogP contribution in [0.4, 0.5) is 17.6 Å². The number of nitrogens with zero attached hydrogens (tertiary/aromatic N) is 1. The lowest BCUT2D eigenvalue weighted by Crippen LogP contribution is -2.37. The van der Waals surface area contributed by atoms with Gasteiger partial charge in [0.2, 0.25) is 0 Å². The number of hydrogen-bond donors (Lipinski definition) is 1. The molecule has 0 fully saturated rings. The van der Waals surface area contributed by atoms with Gasteiger partial charge in [-0.1, -0.05) is 62.4 Å². The van der Waals surface area contributed by atoms with Gasteiger partial charge in [0.05, 0.1) is 23.7 Å². The molecule has 0 aliphatic heterocycles. The van der Waals surface area contributed by atoms with Crippen LogP contribution in [0.25, 0.3) is 0 Å². The van der Waals surface area contributed by atoms with Crippen molar-refractivity contribution in [3.8, 4) is 5.75 Å². The molecule has 0 spiro atoms. The van der Waals surface area contributed by atoms with Gasteiger partial charge in [-0.05, 0) is 29.7 Å². The minimum atomic E-state index is -4.44. The molecule has 0 radical (unpaired) electrons. The number of halogens is 4. The molecule has 0 atom stereocenters. The fourth-order valence-electron chi connectivity index (χ4n) is 4.49. The maximum absolute atomic E-state index is 14.4. The second-order valence-corrected chi connectivity index (χ2v) is 12.2. The molecule has 10 heteroatoms. The number of sulfone groups is 1. The van der Waals surface area contributed by atoms with Crippen molar-refractivity contribution in [3.63, 3.8) is 0 Å². The SMILES string of the molecule is CC(C)(CN(CCCOc1cc(F)c(CO)c(S(C)(=O)=O)c1)Cc1cccc(C(F)(F)F)c1)c1ccccc1.